The van der Waals surface area contributed by atoms with Gasteiger partial charge in [0.2, 0.25) is 0 Å². The van der Waals surface area contributed by atoms with Crippen molar-refractivity contribution in [2.45, 2.75) is 37.4 Å². The molecule has 0 saturated carbocycles. The molecule has 5 nitrogen and oxygen atoms in total. The molecule has 0 atom stereocenters. The van der Waals surface area contributed by atoms with Crippen LogP contribution in [0.5, 0.6) is 0 Å². The summed E-state index contributed by atoms with van der Waals surface area (Å²) < 4.78 is 61.6. The van der Waals surface area contributed by atoms with E-state index in [1.54, 1.807) is 30.3 Å². The molecule has 1 N–H and O–H groups in total. The summed E-state index contributed by atoms with van der Waals surface area (Å²) in [5, 5.41) is 2.97. The number of halogens is 3. The number of hydrogen-bond donors (Lipinski definition) is 1. The Hall–Kier alpha value is -2.39. The number of amides is 1. The Morgan fingerprint density at radius 3 is 2.35 bits per heavy atom. The minimum absolute atomic E-state index is 0.0381. The van der Waals surface area contributed by atoms with Crippen molar-refractivity contribution in [1.82, 2.24) is 10.2 Å². The summed E-state index contributed by atoms with van der Waals surface area (Å²) in [6.07, 6.45) is -1.83. The van der Waals surface area contributed by atoms with E-state index in [1.165, 1.54) is 12.1 Å². The number of nitrogens with zero attached hydrogens (tertiary/aromatic N) is 1. The predicted molar refractivity (Wildman–Crippen MR) is 112 cm³/mol. The zero-order valence-electron chi connectivity index (χ0n) is 17.2. The molecule has 1 heterocycles. The van der Waals surface area contributed by atoms with Gasteiger partial charge < -0.3 is 5.32 Å². The number of likely N-dealkylation sites (tertiary alicyclic amines) is 1. The molecule has 9 heteroatoms. The number of rotatable bonds is 6. The number of carbonyl (C=O) groups excluding carboxylic acids is 1. The van der Waals surface area contributed by atoms with Crippen LogP contribution < -0.4 is 5.32 Å². The SMILES string of the molecule is CS(=O)(=O)Cc1cccc(C(=O)NC2CCN(Cc3cccc(C(F)(F)F)c3)CC2)c1. The minimum Gasteiger partial charge on any atom is -0.349 e. The van der Waals surface area contributed by atoms with Crippen molar-refractivity contribution in [2.75, 3.05) is 19.3 Å². The normalized spacial score (nSPS) is 16.3. The van der Waals surface area contributed by atoms with Crippen molar-refractivity contribution in [3.8, 4) is 0 Å². The Morgan fingerprint density at radius 1 is 1.06 bits per heavy atom. The van der Waals surface area contributed by atoms with Crippen molar-refractivity contribution in [3.63, 3.8) is 0 Å². The first-order chi connectivity index (χ1) is 14.5. The van der Waals surface area contributed by atoms with Crippen molar-refractivity contribution in [2.24, 2.45) is 0 Å². The number of benzene rings is 2. The highest BCUT2D eigenvalue weighted by Gasteiger charge is 2.30. The number of hydrogen-bond acceptors (Lipinski definition) is 4. The highest BCUT2D eigenvalue weighted by molar-refractivity contribution is 7.89. The van der Waals surface area contributed by atoms with Crippen LogP contribution in [0, 0.1) is 0 Å². The summed E-state index contributed by atoms with van der Waals surface area (Å²) in [6.45, 7) is 1.75. The van der Waals surface area contributed by atoms with Crippen LogP contribution in [0.25, 0.3) is 0 Å². The van der Waals surface area contributed by atoms with Crippen molar-refractivity contribution in [1.29, 1.82) is 0 Å². The van der Waals surface area contributed by atoms with Crippen molar-refractivity contribution in [3.05, 3.63) is 70.8 Å². The maximum absolute atomic E-state index is 12.9. The zero-order chi connectivity index (χ0) is 22.6. The number of nitrogens with one attached hydrogen (secondary N) is 1. The summed E-state index contributed by atoms with van der Waals surface area (Å²) in [7, 11) is -3.19. The number of alkyl halides is 3. The summed E-state index contributed by atoms with van der Waals surface area (Å²) in [4.78, 5) is 14.6. The summed E-state index contributed by atoms with van der Waals surface area (Å²) in [6, 6.07) is 11.9. The fourth-order valence-electron chi connectivity index (χ4n) is 3.71. The highest BCUT2D eigenvalue weighted by Crippen LogP contribution is 2.30. The van der Waals surface area contributed by atoms with Crippen LogP contribution in [0.15, 0.2) is 48.5 Å². The quantitative estimate of drug-likeness (QED) is 0.724. The minimum atomic E-state index is -4.36. The van der Waals surface area contributed by atoms with E-state index in [9.17, 15) is 26.4 Å². The molecule has 0 aliphatic carbocycles. The summed E-state index contributed by atoms with van der Waals surface area (Å²) in [5.41, 5.74) is 0.934. The maximum atomic E-state index is 12.9. The number of piperidine rings is 1. The van der Waals surface area contributed by atoms with Gasteiger partial charge in [0.05, 0.1) is 11.3 Å². The third kappa shape index (κ3) is 7.07. The third-order valence-corrected chi connectivity index (χ3v) is 6.06. The van der Waals surface area contributed by atoms with Gasteiger partial charge in [0.25, 0.3) is 5.91 Å². The maximum Gasteiger partial charge on any atom is 0.416 e. The summed E-state index contributed by atoms with van der Waals surface area (Å²) in [5.74, 6) is -0.381. The Balaban J connectivity index is 1.52. The Morgan fingerprint density at radius 2 is 1.71 bits per heavy atom. The van der Waals surface area contributed by atoms with Gasteiger partial charge in [0.1, 0.15) is 0 Å². The molecule has 1 aliphatic rings. The van der Waals surface area contributed by atoms with Crippen molar-refractivity contribution < 1.29 is 26.4 Å². The topological polar surface area (TPSA) is 66.5 Å². The van der Waals surface area contributed by atoms with Gasteiger partial charge in [0, 0.05) is 37.5 Å². The molecule has 0 aromatic heterocycles. The van der Waals surface area contributed by atoms with Gasteiger partial charge in [-0.25, -0.2) is 8.42 Å². The van der Waals surface area contributed by atoms with Crippen LogP contribution in [0.3, 0.4) is 0 Å². The van der Waals surface area contributed by atoms with Gasteiger partial charge in [0.15, 0.2) is 9.84 Å². The first-order valence-electron chi connectivity index (χ1n) is 9.96. The van der Waals surface area contributed by atoms with E-state index >= 15 is 0 Å². The largest absolute Gasteiger partial charge is 0.416 e. The van der Waals surface area contributed by atoms with E-state index in [2.05, 4.69) is 10.2 Å². The molecule has 1 aliphatic heterocycles. The molecule has 0 bridgehead atoms. The fourth-order valence-corrected chi connectivity index (χ4v) is 4.50. The molecular formula is C22H25F3N2O3S. The average molecular weight is 455 g/mol. The molecular weight excluding hydrogens is 429 g/mol. The predicted octanol–water partition coefficient (Wildman–Crippen LogP) is 3.64. The Kier molecular flexibility index (Phi) is 7.06. The Bertz CT molecular complexity index is 1030. The smallest absolute Gasteiger partial charge is 0.349 e. The number of sulfone groups is 1. The molecule has 2 aromatic carbocycles. The molecule has 31 heavy (non-hydrogen) atoms. The first-order valence-corrected chi connectivity index (χ1v) is 12.0. The van der Waals surface area contributed by atoms with Gasteiger partial charge >= 0.3 is 6.18 Å². The monoisotopic (exact) mass is 454 g/mol. The highest BCUT2D eigenvalue weighted by atomic mass is 32.2. The van der Waals surface area contributed by atoms with Crippen LogP contribution >= 0.6 is 0 Å². The molecule has 0 radical (unpaired) electrons. The van der Waals surface area contributed by atoms with E-state index < -0.39 is 21.6 Å². The second-order valence-corrected chi connectivity index (χ2v) is 10.1. The molecule has 1 fully saturated rings. The van der Waals surface area contributed by atoms with Crippen LogP contribution in [0.4, 0.5) is 13.2 Å². The Labute approximate surface area is 180 Å². The lowest BCUT2D eigenvalue weighted by molar-refractivity contribution is -0.137. The molecule has 1 amide bonds. The van der Waals surface area contributed by atoms with Crippen LogP contribution in [0.2, 0.25) is 0 Å². The molecule has 3 rings (SSSR count). The van der Waals surface area contributed by atoms with E-state index in [-0.39, 0.29) is 17.7 Å². The summed E-state index contributed by atoms with van der Waals surface area (Å²) >= 11 is 0. The lowest BCUT2D eigenvalue weighted by atomic mass is 10.0. The second-order valence-electron chi connectivity index (χ2n) is 7.99. The van der Waals surface area contributed by atoms with Gasteiger partial charge in [-0.2, -0.15) is 13.2 Å². The van der Waals surface area contributed by atoms with Crippen LogP contribution in [-0.4, -0.2) is 44.6 Å². The van der Waals surface area contributed by atoms with Gasteiger partial charge in [-0.1, -0.05) is 30.3 Å². The fraction of sp³-hybridized carbons (Fsp3) is 0.409. The van der Waals surface area contributed by atoms with Crippen LogP contribution in [-0.2, 0) is 28.3 Å². The van der Waals surface area contributed by atoms with E-state index in [1.807, 2.05) is 0 Å². The molecule has 2 aromatic rings. The van der Waals surface area contributed by atoms with E-state index in [0.29, 0.717) is 49.2 Å². The van der Waals surface area contributed by atoms with E-state index in [4.69, 9.17) is 0 Å². The molecule has 0 unspecified atom stereocenters. The zero-order valence-corrected chi connectivity index (χ0v) is 18.0. The molecule has 0 spiro atoms. The molecule has 1 saturated heterocycles. The number of carbonyl (C=O) groups is 1. The van der Waals surface area contributed by atoms with Crippen LogP contribution in [0.1, 0.15) is 39.9 Å². The van der Waals surface area contributed by atoms with E-state index in [0.717, 1.165) is 12.3 Å². The second kappa shape index (κ2) is 9.40. The van der Waals surface area contributed by atoms with Crippen molar-refractivity contribution >= 4 is 15.7 Å². The van der Waals surface area contributed by atoms with Gasteiger partial charge in [-0.3, -0.25) is 9.69 Å². The lowest BCUT2D eigenvalue weighted by Crippen LogP contribution is -2.44. The lowest BCUT2D eigenvalue weighted by Gasteiger charge is -2.32. The third-order valence-electron chi connectivity index (χ3n) is 5.20. The average Bonchev–Trinajstić information content (AvgIpc) is 2.68. The molecule has 168 valence electrons. The standard InChI is InChI=1S/C22H25F3N2O3S/c1-31(29,30)15-17-5-2-6-18(12-17)21(28)26-20-8-10-27(11-9-20)14-16-4-3-7-19(13-16)22(23,24)25/h2-7,12-13,20H,8-11,14-15H2,1H3,(H,26,28). The van der Waals surface area contributed by atoms with Gasteiger partial charge in [-0.05, 0) is 42.2 Å². The van der Waals surface area contributed by atoms with Gasteiger partial charge in [-0.15, -0.1) is 0 Å². The first kappa shape index (κ1) is 23.3.